The second kappa shape index (κ2) is 5.01. The number of nitro groups is 1. The van der Waals surface area contributed by atoms with E-state index in [0.29, 0.717) is 12.8 Å². The molecule has 0 saturated carbocycles. The van der Waals surface area contributed by atoms with E-state index in [-0.39, 0.29) is 17.6 Å². The van der Waals surface area contributed by atoms with Crippen LogP contribution in [0, 0.1) is 15.9 Å². The highest BCUT2D eigenvalue weighted by molar-refractivity contribution is 5.92. The minimum absolute atomic E-state index is 0.114. The summed E-state index contributed by atoms with van der Waals surface area (Å²) in [6.07, 6.45) is 1.34. The lowest BCUT2D eigenvalue weighted by atomic mass is 10.1. The lowest BCUT2D eigenvalue weighted by Gasteiger charge is -2.12. The molecule has 2 aromatic rings. The van der Waals surface area contributed by atoms with Crippen LogP contribution in [0.1, 0.15) is 34.1 Å². The van der Waals surface area contributed by atoms with Gasteiger partial charge in [0.1, 0.15) is 10.7 Å². The van der Waals surface area contributed by atoms with Crippen LogP contribution in [0.15, 0.2) is 34.7 Å². The second-order valence-electron chi connectivity index (χ2n) is 4.80. The number of furan rings is 1. The highest BCUT2D eigenvalue weighted by Crippen LogP contribution is 2.31. The molecule has 1 amide bonds. The van der Waals surface area contributed by atoms with Gasteiger partial charge in [0.05, 0.1) is 12.1 Å². The zero-order valence-corrected chi connectivity index (χ0v) is 10.8. The molecule has 1 aliphatic carbocycles. The van der Waals surface area contributed by atoms with Crippen molar-refractivity contribution < 1.29 is 18.5 Å². The summed E-state index contributed by atoms with van der Waals surface area (Å²) in [5.74, 6) is -1.42. The molecule has 1 N–H and O–H groups in total. The minimum atomic E-state index is -0.704. The van der Waals surface area contributed by atoms with E-state index in [1.807, 2.05) is 0 Å². The quantitative estimate of drug-likeness (QED) is 0.695. The van der Waals surface area contributed by atoms with Crippen molar-refractivity contribution in [2.45, 2.75) is 18.9 Å². The van der Waals surface area contributed by atoms with Crippen molar-refractivity contribution in [1.82, 2.24) is 5.32 Å². The number of hydrogen-bond donors (Lipinski definition) is 1. The zero-order chi connectivity index (χ0) is 15.0. The van der Waals surface area contributed by atoms with Gasteiger partial charge in [-0.3, -0.25) is 14.9 Å². The van der Waals surface area contributed by atoms with Crippen molar-refractivity contribution in [3.8, 4) is 0 Å². The Morgan fingerprint density at radius 2 is 2.19 bits per heavy atom. The van der Waals surface area contributed by atoms with Crippen molar-refractivity contribution in [3.05, 3.63) is 63.2 Å². The number of amides is 1. The molecule has 7 heteroatoms. The van der Waals surface area contributed by atoms with Gasteiger partial charge in [-0.25, -0.2) is 4.39 Å². The van der Waals surface area contributed by atoms with Crippen molar-refractivity contribution in [2.75, 3.05) is 0 Å². The summed E-state index contributed by atoms with van der Waals surface area (Å²) < 4.78 is 18.0. The number of nitrogens with zero attached hydrogens (tertiary/aromatic N) is 1. The Balaban J connectivity index is 1.76. The molecule has 3 rings (SSSR count). The van der Waals surface area contributed by atoms with Crippen LogP contribution in [0.25, 0.3) is 0 Å². The number of aryl methyl sites for hydroxylation is 1. The normalized spacial score (nSPS) is 16.5. The van der Waals surface area contributed by atoms with Crippen LogP contribution >= 0.6 is 0 Å². The van der Waals surface area contributed by atoms with Crippen LogP contribution < -0.4 is 5.32 Å². The van der Waals surface area contributed by atoms with Gasteiger partial charge in [0.2, 0.25) is 0 Å². The molecular weight excluding hydrogens is 279 g/mol. The SMILES string of the molecule is O=C(NC1CCc2cc(F)ccc21)c1ccc([N+](=O)[O-])o1. The number of carbonyl (C=O) groups is 1. The summed E-state index contributed by atoms with van der Waals surface area (Å²) in [5, 5.41) is 13.3. The standard InChI is InChI=1S/C14H11FN2O4/c15-9-2-3-10-8(7-9)1-4-11(10)16-14(18)12-5-6-13(21-12)17(19)20/h2-3,5-7,11H,1,4H2,(H,16,18). The number of fused-ring (bicyclic) bond motifs is 1. The molecule has 0 spiro atoms. The van der Waals surface area contributed by atoms with E-state index >= 15 is 0 Å². The Morgan fingerprint density at radius 1 is 1.38 bits per heavy atom. The molecule has 108 valence electrons. The molecule has 1 aromatic heterocycles. The molecule has 1 aromatic carbocycles. The maximum Gasteiger partial charge on any atom is 0.433 e. The maximum atomic E-state index is 13.1. The van der Waals surface area contributed by atoms with Gasteiger partial charge in [-0.1, -0.05) is 6.07 Å². The molecule has 6 nitrogen and oxygen atoms in total. The van der Waals surface area contributed by atoms with Crippen molar-refractivity contribution in [3.63, 3.8) is 0 Å². The third-order valence-electron chi connectivity index (χ3n) is 3.48. The van der Waals surface area contributed by atoms with E-state index in [0.717, 1.165) is 17.2 Å². The van der Waals surface area contributed by atoms with Gasteiger partial charge < -0.3 is 9.73 Å². The monoisotopic (exact) mass is 290 g/mol. The van der Waals surface area contributed by atoms with E-state index in [1.54, 1.807) is 6.07 Å². The van der Waals surface area contributed by atoms with Crippen LogP contribution in [-0.2, 0) is 6.42 Å². The first-order valence-corrected chi connectivity index (χ1v) is 6.38. The Hall–Kier alpha value is -2.70. The summed E-state index contributed by atoms with van der Waals surface area (Å²) in [6.45, 7) is 0. The van der Waals surface area contributed by atoms with Gasteiger partial charge in [-0.15, -0.1) is 0 Å². The molecule has 0 saturated heterocycles. The summed E-state index contributed by atoms with van der Waals surface area (Å²) in [6, 6.07) is 6.60. The largest absolute Gasteiger partial charge is 0.433 e. The summed E-state index contributed by atoms with van der Waals surface area (Å²) >= 11 is 0. The molecule has 0 bridgehead atoms. The molecule has 1 atom stereocenters. The fraction of sp³-hybridized carbons (Fsp3) is 0.214. The molecule has 1 aliphatic rings. The first kappa shape index (κ1) is 13.3. The molecular formula is C14H11FN2O4. The van der Waals surface area contributed by atoms with Gasteiger partial charge in [0.15, 0.2) is 5.76 Å². The average Bonchev–Trinajstić information content (AvgIpc) is 3.06. The maximum absolute atomic E-state index is 13.1. The predicted molar refractivity (Wildman–Crippen MR) is 70.3 cm³/mol. The first-order valence-electron chi connectivity index (χ1n) is 6.38. The molecule has 1 heterocycles. The van der Waals surface area contributed by atoms with Crippen LogP contribution in [0.2, 0.25) is 0 Å². The number of carbonyl (C=O) groups excluding carboxylic acids is 1. The predicted octanol–water partition coefficient (Wildman–Crippen LogP) is 2.74. The van der Waals surface area contributed by atoms with Crippen LogP contribution in [-0.4, -0.2) is 10.8 Å². The highest BCUT2D eigenvalue weighted by atomic mass is 19.1. The summed E-state index contributed by atoms with van der Waals surface area (Å²) in [5.41, 5.74) is 1.73. The van der Waals surface area contributed by atoms with Gasteiger partial charge in [0.25, 0.3) is 5.91 Å². The Labute approximate surface area is 118 Å². The first-order chi connectivity index (χ1) is 10.0. The van der Waals surface area contributed by atoms with E-state index in [9.17, 15) is 19.3 Å². The lowest BCUT2D eigenvalue weighted by molar-refractivity contribution is -0.402. The summed E-state index contributed by atoms with van der Waals surface area (Å²) in [4.78, 5) is 21.8. The third-order valence-corrected chi connectivity index (χ3v) is 3.48. The van der Waals surface area contributed by atoms with Crippen LogP contribution in [0.3, 0.4) is 0 Å². The smallest absolute Gasteiger partial charge is 0.395 e. The minimum Gasteiger partial charge on any atom is -0.395 e. The van der Waals surface area contributed by atoms with Crippen molar-refractivity contribution in [1.29, 1.82) is 0 Å². The topological polar surface area (TPSA) is 85.4 Å². The number of rotatable bonds is 3. The number of benzene rings is 1. The third kappa shape index (κ3) is 2.49. The molecule has 0 aliphatic heterocycles. The fourth-order valence-corrected chi connectivity index (χ4v) is 2.51. The lowest BCUT2D eigenvalue weighted by Crippen LogP contribution is -2.26. The highest BCUT2D eigenvalue weighted by Gasteiger charge is 2.26. The zero-order valence-electron chi connectivity index (χ0n) is 10.8. The van der Waals surface area contributed by atoms with Gasteiger partial charge >= 0.3 is 5.88 Å². The molecule has 21 heavy (non-hydrogen) atoms. The van der Waals surface area contributed by atoms with Crippen molar-refractivity contribution >= 4 is 11.8 Å². The Morgan fingerprint density at radius 3 is 2.90 bits per heavy atom. The Bertz CT molecular complexity index is 726. The van der Waals surface area contributed by atoms with E-state index in [2.05, 4.69) is 5.32 Å². The van der Waals surface area contributed by atoms with Crippen LogP contribution in [0.5, 0.6) is 0 Å². The average molecular weight is 290 g/mol. The van der Waals surface area contributed by atoms with E-state index in [1.165, 1.54) is 18.2 Å². The van der Waals surface area contributed by atoms with Crippen molar-refractivity contribution in [2.24, 2.45) is 0 Å². The number of halogens is 1. The Kier molecular flexibility index (Phi) is 3.17. The van der Waals surface area contributed by atoms with Crippen LogP contribution in [0.4, 0.5) is 10.3 Å². The second-order valence-corrected chi connectivity index (χ2v) is 4.80. The number of nitrogens with one attached hydrogen (secondary N) is 1. The summed E-state index contributed by atoms with van der Waals surface area (Å²) in [7, 11) is 0. The van der Waals surface area contributed by atoms with E-state index < -0.39 is 16.7 Å². The number of hydrogen-bond acceptors (Lipinski definition) is 4. The fourth-order valence-electron chi connectivity index (χ4n) is 2.51. The molecule has 0 radical (unpaired) electrons. The van der Waals surface area contributed by atoms with Gasteiger partial charge in [0, 0.05) is 0 Å². The molecule has 0 fully saturated rings. The van der Waals surface area contributed by atoms with Gasteiger partial charge in [-0.2, -0.15) is 0 Å². The molecule has 1 unspecified atom stereocenters. The van der Waals surface area contributed by atoms with E-state index in [4.69, 9.17) is 4.42 Å². The van der Waals surface area contributed by atoms with Gasteiger partial charge in [-0.05, 0) is 42.2 Å².